The Hall–Kier alpha value is -2.51. The molecule has 0 spiro atoms. The highest BCUT2D eigenvalue weighted by atomic mass is 16.5. The van der Waals surface area contributed by atoms with E-state index in [0.717, 1.165) is 31.6 Å². The lowest BCUT2D eigenvalue weighted by Crippen LogP contribution is -2.44. The Balaban J connectivity index is 1.54. The minimum atomic E-state index is -0.251. The smallest absolute Gasteiger partial charge is 0.320 e. The van der Waals surface area contributed by atoms with Crippen LogP contribution in [0.3, 0.4) is 0 Å². The highest BCUT2D eigenvalue weighted by Crippen LogP contribution is 2.24. The summed E-state index contributed by atoms with van der Waals surface area (Å²) in [6, 6.07) is 1.78. The Morgan fingerprint density at radius 2 is 2.28 bits per heavy atom. The number of aromatic nitrogens is 4. The molecule has 2 aromatic rings. The number of ether oxygens (including phenoxy) is 1. The fourth-order valence-electron chi connectivity index (χ4n) is 3.00. The topological polar surface area (TPSA) is 86.0 Å². The second kappa shape index (κ2) is 7.58. The van der Waals surface area contributed by atoms with Gasteiger partial charge >= 0.3 is 6.03 Å². The summed E-state index contributed by atoms with van der Waals surface area (Å²) in [6.07, 6.45) is 8.27. The second-order valence-corrected chi connectivity index (χ2v) is 6.60. The Morgan fingerprint density at radius 1 is 1.44 bits per heavy atom. The summed E-state index contributed by atoms with van der Waals surface area (Å²) in [5, 5.41) is 14.3. The van der Waals surface area contributed by atoms with Crippen LogP contribution in [-0.4, -0.2) is 37.7 Å². The maximum Gasteiger partial charge on any atom is 0.320 e. The van der Waals surface area contributed by atoms with Crippen molar-refractivity contribution < 1.29 is 9.53 Å². The van der Waals surface area contributed by atoms with Gasteiger partial charge < -0.3 is 10.1 Å². The lowest BCUT2D eigenvalue weighted by Gasteiger charge is -2.21. The number of amides is 2. The fourth-order valence-corrected chi connectivity index (χ4v) is 3.00. The summed E-state index contributed by atoms with van der Waals surface area (Å²) in [5.41, 5.74) is 0. The number of nitrogens with zero attached hydrogens (tertiary/aromatic N) is 4. The van der Waals surface area contributed by atoms with Gasteiger partial charge in [0.2, 0.25) is 0 Å². The van der Waals surface area contributed by atoms with Gasteiger partial charge in [0.05, 0.1) is 18.4 Å². The van der Waals surface area contributed by atoms with Gasteiger partial charge in [-0.1, -0.05) is 0 Å². The van der Waals surface area contributed by atoms with Gasteiger partial charge in [0, 0.05) is 24.8 Å². The molecule has 8 heteroatoms. The van der Waals surface area contributed by atoms with E-state index < -0.39 is 0 Å². The molecular weight excluding hydrogens is 320 g/mol. The monoisotopic (exact) mass is 346 g/mol. The third-order valence-electron chi connectivity index (χ3n) is 4.37. The molecule has 1 fully saturated rings. The first kappa shape index (κ1) is 17.3. The number of carbonyl (C=O) groups excluding carboxylic acids is 1. The molecule has 0 aliphatic heterocycles. The van der Waals surface area contributed by atoms with Crippen LogP contribution >= 0.6 is 0 Å². The van der Waals surface area contributed by atoms with Crippen molar-refractivity contribution >= 4 is 11.8 Å². The summed E-state index contributed by atoms with van der Waals surface area (Å²) in [5.74, 6) is 1.29. The molecule has 0 saturated heterocycles. The van der Waals surface area contributed by atoms with Gasteiger partial charge in [0.15, 0.2) is 11.6 Å². The van der Waals surface area contributed by atoms with Gasteiger partial charge in [0.1, 0.15) is 6.10 Å². The average Bonchev–Trinajstić information content (AvgIpc) is 3.29. The number of rotatable bonds is 6. The zero-order valence-corrected chi connectivity index (χ0v) is 15.0. The van der Waals surface area contributed by atoms with Crippen LogP contribution in [-0.2, 0) is 6.54 Å². The summed E-state index contributed by atoms with van der Waals surface area (Å²) < 4.78 is 9.64. The van der Waals surface area contributed by atoms with Gasteiger partial charge in [-0.2, -0.15) is 10.2 Å². The summed E-state index contributed by atoms with van der Waals surface area (Å²) in [7, 11) is 0. The van der Waals surface area contributed by atoms with Crippen molar-refractivity contribution in [3.63, 3.8) is 0 Å². The summed E-state index contributed by atoms with van der Waals surface area (Å²) in [6.45, 7) is 6.92. The Labute approximate surface area is 147 Å². The number of carbonyl (C=O) groups is 1. The molecule has 8 nitrogen and oxygen atoms in total. The minimum Gasteiger partial charge on any atom is -0.485 e. The van der Waals surface area contributed by atoms with Gasteiger partial charge in [-0.25, -0.2) is 4.79 Å². The standard InChI is InChI=1S/C17H26N6O2/c1-4-22-11-13(10-18-22)25-15-7-5-6-14(15)19-17(24)20-16-8-9-23(21-16)12(2)3/h8-12,14-15H,4-7H2,1-3H3,(H2,19,20,21,24)/t14-,15+/m0/s1. The molecule has 0 radical (unpaired) electrons. The molecule has 1 aliphatic carbocycles. The second-order valence-electron chi connectivity index (χ2n) is 6.60. The van der Waals surface area contributed by atoms with E-state index in [-0.39, 0.29) is 24.2 Å². The van der Waals surface area contributed by atoms with Crippen LogP contribution in [0, 0.1) is 0 Å². The average molecular weight is 346 g/mol. The third-order valence-corrected chi connectivity index (χ3v) is 4.37. The van der Waals surface area contributed by atoms with E-state index in [0.29, 0.717) is 5.82 Å². The predicted octanol–water partition coefficient (Wildman–Crippen LogP) is 2.80. The van der Waals surface area contributed by atoms with Crippen molar-refractivity contribution in [1.82, 2.24) is 24.9 Å². The Morgan fingerprint density at radius 3 is 2.96 bits per heavy atom. The first-order valence-electron chi connectivity index (χ1n) is 8.87. The highest BCUT2D eigenvalue weighted by Gasteiger charge is 2.30. The third kappa shape index (κ3) is 4.32. The van der Waals surface area contributed by atoms with Gasteiger partial charge in [-0.3, -0.25) is 14.7 Å². The van der Waals surface area contributed by atoms with E-state index in [4.69, 9.17) is 4.74 Å². The highest BCUT2D eigenvalue weighted by molar-refractivity contribution is 5.88. The normalized spacial score (nSPS) is 20.0. The molecular formula is C17H26N6O2. The van der Waals surface area contributed by atoms with E-state index in [1.807, 2.05) is 42.5 Å². The van der Waals surface area contributed by atoms with Crippen molar-refractivity contribution in [1.29, 1.82) is 0 Å². The molecule has 2 atom stereocenters. The lowest BCUT2D eigenvalue weighted by atomic mass is 10.2. The lowest BCUT2D eigenvalue weighted by molar-refractivity contribution is 0.175. The molecule has 2 aromatic heterocycles. The van der Waals surface area contributed by atoms with Crippen molar-refractivity contribution in [2.45, 2.75) is 64.8 Å². The Bertz CT molecular complexity index is 708. The first-order valence-corrected chi connectivity index (χ1v) is 8.87. The fraction of sp³-hybridized carbons (Fsp3) is 0.588. The molecule has 1 aliphatic rings. The van der Waals surface area contributed by atoms with Crippen molar-refractivity contribution in [3.8, 4) is 5.75 Å². The van der Waals surface area contributed by atoms with Crippen LogP contribution in [0.2, 0.25) is 0 Å². The van der Waals surface area contributed by atoms with Crippen molar-refractivity contribution in [2.75, 3.05) is 5.32 Å². The Kier molecular flexibility index (Phi) is 5.25. The minimum absolute atomic E-state index is 0.0165. The zero-order chi connectivity index (χ0) is 17.8. The number of nitrogens with one attached hydrogen (secondary N) is 2. The molecule has 2 heterocycles. The van der Waals surface area contributed by atoms with Gasteiger partial charge in [0.25, 0.3) is 0 Å². The maximum absolute atomic E-state index is 12.3. The van der Waals surface area contributed by atoms with Crippen LogP contribution in [0.15, 0.2) is 24.7 Å². The molecule has 0 unspecified atom stereocenters. The molecule has 1 saturated carbocycles. The van der Waals surface area contributed by atoms with Crippen LogP contribution < -0.4 is 15.4 Å². The molecule has 0 aromatic carbocycles. The van der Waals surface area contributed by atoms with Crippen LogP contribution in [0.5, 0.6) is 5.75 Å². The molecule has 0 bridgehead atoms. The molecule has 2 amide bonds. The van der Waals surface area contributed by atoms with E-state index in [1.165, 1.54) is 0 Å². The molecule has 2 N–H and O–H groups in total. The first-order chi connectivity index (χ1) is 12.0. The number of urea groups is 1. The quantitative estimate of drug-likeness (QED) is 0.842. The molecule has 25 heavy (non-hydrogen) atoms. The van der Waals surface area contributed by atoms with E-state index in [1.54, 1.807) is 12.3 Å². The largest absolute Gasteiger partial charge is 0.485 e. The van der Waals surface area contributed by atoms with Crippen LogP contribution in [0.25, 0.3) is 0 Å². The predicted molar refractivity (Wildman–Crippen MR) is 94.7 cm³/mol. The SMILES string of the molecule is CCn1cc(O[C@@H]2CCC[C@@H]2NC(=O)Nc2ccn(C(C)C)n2)cn1. The van der Waals surface area contributed by atoms with Gasteiger partial charge in [-0.15, -0.1) is 0 Å². The van der Waals surface area contributed by atoms with Crippen molar-refractivity contribution in [2.24, 2.45) is 0 Å². The number of aryl methyl sites for hydroxylation is 1. The van der Waals surface area contributed by atoms with E-state index in [2.05, 4.69) is 20.8 Å². The molecule has 136 valence electrons. The summed E-state index contributed by atoms with van der Waals surface area (Å²) in [4.78, 5) is 12.3. The van der Waals surface area contributed by atoms with E-state index >= 15 is 0 Å². The summed E-state index contributed by atoms with van der Waals surface area (Å²) >= 11 is 0. The van der Waals surface area contributed by atoms with E-state index in [9.17, 15) is 4.79 Å². The maximum atomic E-state index is 12.3. The zero-order valence-electron chi connectivity index (χ0n) is 15.0. The number of hydrogen-bond donors (Lipinski definition) is 2. The molecule has 3 rings (SSSR count). The number of hydrogen-bond acceptors (Lipinski definition) is 4. The van der Waals surface area contributed by atoms with Gasteiger partial charge in [-0.05, 0) is 40.0 Å². The van der Waals surface area contributed by atoms with Crippen LogP contribution in [0.4, 0.5) is 10.6 Å². The van der Waals surface area contributed by atoms with Crippen molar-refractivity contribution in [3.05, 3.63) is 24.7 Å². The number of anilines is 1. The van der Waals surface area contributed by atoms with Crippen LogP contribution in [0.1, 0.15) is 46.1 Å².